The van der Waals surface area contributed by atoms with Crippen LogP contribution in [0.1, 0.15) is 29.8 Å². The topological polar surface area (TPSA) is 24.9 Å². The number of benzene rings is 1. The zero-order valence-corrected chi connectivity index (χ0v) is 12.6. The Morgan fingerprint density at radius 2 is 2.10 bits per heavy atom. The molecule has 1 unspecified atom stereocenters. The molecular weight excluding hydrogens is 264 g/mol. The summed E-state index contributed by atoms with van der Waals surface area (Å²) in [5.41, 5.74) is 3.76. The van der Waals surface area contributed by atoms with Crippen molar-refractivity contribution in [3.8, 4) is 0 Å². The van der Waals surface area contributed by atoms with Gasteiger partial charge in [-0.1, -0.05) is 31.2 Å². The van der Waals surface area contributed by atoms with Gasteiger partial charge in [-0.25, -0.2) is 0 Å². The molecule has 2 heterocycles. The number of hydrogen-bond donors (Lipinski definition) is 1. The first-order valence-corrected chi connectivity index (χ1v) is 7.80. The standard InChI is InChI=1S/C17H18N2S/c1-3-12-7-5-10-19-15(12)16(18-2)14-8-4-6-13-9-11-20-17(13)14/h4-11,16,18H,3H2,1-2H3. The second kappa shape index (κ2) is 5.73. The van der Waals surface area contributed by atoms with Crippen LogP contribution in [-0.2, 0) is 6.42 Å². The van der Waals surface area contributed by atoms with Crippen molar-refractivity contribution in [1.82, 2.24) is 10.3 Å². The van der Waals surface area contributed by atoms with Gasteiger partial charge in [-0.15, -0.1) is 11.3 Å². The second-order valence-electron chi connectivity index (χ2n) is 4.81. The summed E-state index contributed by atoms with van der Waals surface area (Å²) < 4.78 is 1.35. The van der Waals surface area contributed by atoms with E-state index in [1.165, 1.54) is 21.2 Å². The molecule has 102 valence electrons. The molecule has 0 radical (unpaired) electrons. The molecule has 3 heteroatoms. The van der Waals surface area contributed by atoms with Gasteiger partial charge in [0.05, 0.1) is 11.7 Å². The number of hydrogen-bond acceptors (Lipinski definition) is 3. The lowest BCUT2D eigenvalue weighted by Gasteiger charge is -2.19. The Kier molecular flexibility index (Phi) is 3.81. The number of fused-ring (bicyclic) bond motifs is 1. The minimum absolute atomic E-state index is 0.147. The highest BCUT2D eigenvalue weighted by atomic mass is 32.1. The first-order valence-electron chi connectivity index (χ1n) is 6.92. The van der Waals surface area contributed by atoms with E-state index in [1.54, 1.807) is 11.3 Å². The Labute approximate surface area is 123 Å². The molecular formula is C17H18N2S. The molecule has 2 aromatic heterocycles. The Hall–Kier alpha value is -1.71. The third kappa shape index (κ3) is 2.23. The highest BCUT2D eigenvalue weighted by Crippen LogP contribution is 2.32. The lowest BCUT2D eigenvalue weighted by Crippen LogP contribution is -2.20. The quantitative estimate of drug-likeness (QED) is 0.777. The normalized spacial score (nSPS) is 12.7. The van der Waals surface area contributed by atoms with Crippen LogP contribution in [0.15, 0.2) is 48.0 Å². The first kappa shape index (κ1) is 13.3. The smallest absolute Gasteiger partial charge is 0.0765 e. The van der Waals surface area contributed by atoms with Crippen LogP contribution in [0.3, 0.4) is 0 Å². The van der Waals surface area contributed by atoms with Crippen LogP contribution in [0.5, 0.6) is 0 Å². The van der Waals surface area contributed by atoms with Crippen LogP contribution in [0.25, 0.3) is 10.1 Å². The molecule has 3 aromatic rings. The summed E-state index contributed by atoms with van der Waals surface area (Å²) in [5, 5.41) is 6.90. The SMILES string of the molecule is CCc1cccnc1C(NC)c1cccc2ccsc12. The van der Waals surface area contributed by atoms with E-state index in [9.17, 15) is 0 Å². The van der Waals surface area contributed by atoms with Gasteiger partial charge in [0.1, 0.15) is 0 Å². The number of thiophene rings is 1. The van der Waals surface area contributed by atoms with Crippen molar-refractivity contribution in [2.45, 2.75) is 19.4 Å². The van der Waals surface area contributed by atoms with Crippen molar-refractivity contribution >= 4 is 21.4 Å². The maximum absolute atomic E-state index is 4.63. The summed E-state index contributed by atoms with van der Waals surface area (Å²) in [6.45, 7) is 2.18. The third-order valence-corrected chi connectivity index (χ3v) is 4.67. The Morgan fingerprint density at radius 1 is 1.20 bits per heavy atom. The minimum atomic E-state index is 0.147. The Bertz CT molecular complexity index is 718. The van der Waals surface area contributed by atoms with Crippen molar-refractivity contribution in [3.63, 3.8) is 0 Å². The minimum Gasteiger partial charge on any atom is -0.308 e. The fourth-order valence-electron chi connectivity index (χ4n) is 2.69. The number of rotatable bonds is 4. The summed E-state index contributed by atoms with van der Waals surface area (Å²) in [5.74, 6) is 0. The van der Waals surface area contributed by atoms with E-state index >= 15 is 0 Å². The van der Waals surface area contributed by atoms with Gasteiger partial charge in [0.15, 0.2) is 0 Å². The van der Waals surface area contributed by atoms with Gasteiger partial charge in [-0.05, 0) is 47.5 Å². The average Bonchev–Trinajstić information content (AvgIpc) is 2.98. The van der Waals surface area contributed by atoms with Gasteiger partial charge in [0.25, 0.3) is 0 Å². The molecule has 0 bridgehead atoms. The van der Waals surface area contributed by atoms with Gasteiger partial charge < -0.3 is 5.32 Å². The molecule has 0 fully saturated rings. The van der Waals surface area contributed by atoms with E-state index in [1.807, 2.05) is 19.3 Å². The fraction of sp³-hybridized carbons (Fsp3) is 0.235. The van der Waals surface area contributed by atoms with E-state index in [0.29, 0.717) is 0 Å². The van der Waals surface area contributed by atoms with E-state index in [2.05, 4.69) is 52.9 Å². The summed E-state index contributed by atoms with van der Waals surface area (Å²) >= 11 is 1.80. The molecule has 0 aliphatic heterocycles. The molecule has 1 aromatic carbocycles. The number of nitrogens with one attached hydrogen (secondary N) is 1. The van der Waals surface area contributed by atoms with Gasteiger partial charge >= 0.3 is 0 Å². The van der Waals surface area contributed by atoms with E-state index in [-0.39, 0.29) is 6.04 Å². The highest BCUT2D eigenvalue weighted by molar-refractivity contribution is 7.17. The number of pyridine rings is 1. The van der Waals surface area contributed by atoms with Crippen LogP contribution in [0.4, 0.5) is 0 Å². The average molecular weight is 282 g/mol. The van der Waals surface area contributed by atoms with E-state index in [0.717, 1.165) is 12.1 Å². The highest BCUT2D eigenvalue weighted by Gasteiger charge is 2.18. The third-order valence-electron chi connectivity index (χ3n) is 3.69. The van der Waals surface area contributed by atoms with Crippen molar-refractivity contribution in [2.75, 3.05) is 7.05 Å². The number of nitrogens with zero attached hydrogens (tertiary/aromatic N) is 1. The van der Waals surface area contributed by atoms with Crippen LogP contribution >= 0.6 is 11.3 Å². The molecule has 0 saturated carbocycles. The zero-order chi connectivity index (χ0) is 13.9. The number of aromatic nitrogens is 1. The van der Waals surface area contributed by atoms with Crippen molar-refractivity contribution < 1.29 is 0 Å². The van der Waals surface area contributed by atoms with Crippen LogP contribution < -0.4 is 5.32 Å². The second-order valence-corrected chi connectivity index (χ2v) is 5.73. The van der Waals surface area contributed by atoms with Crippen LogP contribution in [-0.4, -0.2) is 12.0 Å². The van der Waals surface area contributed by atoms with Crippen molar-refractivity contribution in [3.05, 3.63) is 64.8 Å². The molecule has 0 aliphatic carbocycles. The Morgan fingerprint density at radius 3 is 2.90 bits per heavy atom. The number of aryl methyl sites for hydroxylation is 1. The zero-order valence-electron chi connectivity index (χ0n) is 11.8. The van der Waals surface area contributed by atoms with Gasteiger partial charge in [-0.2, -0.15) is 0 Å². The van der Waals surface area contributed by atoms with E-state index < -0.39 is 0 Å². The summed E-state index contributed by atoms with van der Waals surface area (Å²) in [4.78, 5) is 4.63. The van der Waals surface area contributed by atoms with Crippen molar-refractivity contribution in [2.24, 2.45) is 0 Å². The van der Waals surface area contributed by atoms with Crippen LogP contribution in [0, 0.1) is 0 Å². The molecule has 0 spiro atoms. The molecule has 1 atom stereocenters. The summed E-state index contributed by atoms with van der Waals surface area (Å²) in [6, 6.07) is 13.0. The molecule has 0 amide bonds. The first-order chi connectivity index (χ1) is 9.85. The summed E-state index contributed by atoms with van der Waals surface area (Å²) in [7, 11) is 2.01. The molecule has 20 heavy (non-hydrogen) atoms. The molecule has 1 N–H and O–H groups in total. The molecule has 2 nitrogen and oxygen atoms in total. The Balaban J connectivity index is 2.16. The molecule has 3 rings (SSSR count). The predicted octanol–water partition coefficient (Wildman–Crippen LogP) is 4.17. The largest absolute Gasteiger partial charge is 0.308 e. The lowest BCUT2D eigenvalue weighted by molar-refractivity contribution is 0.667. The fourth-order valence-corrected chi connectivity index (χ4v) is 3.64. The molecule has 0 saturated heterocycles. The monoisotopic (exact) mass is 282 g/mol. The van der Waals surface area contributed by atoms with Gasteiger partial charge in [0.2, 0.25) is 0 Å². The maximum Gasteiger partial charge on any atom is 0.0765 e. The predicted molar refractivity (Wildman–Crippen MR) is 86.3 cm³/mol. The van der Waals surface area contributed by atoms with Gasteiger partial charge in [0, 0.05) is 10.9 Å². The van der Waals surface area contributed by atoms with Gasteiger partial charge in [-0.3, -0.25) is 4.98 Å². The molecule has 0 aliphatic rings. The van der Waals surface area contributed by atoms with E-state index in [4.69, 9.17) is 0 Å². The summed E-state index contributed by atoms with van der Waals surface area (Å²) in [6.07, 6.45) is 2.88. The van der Waals surface area contributed by atoms with Crippen molar-refractivity contribution in [1.29, 1.82) is 0 Å². The van der Waals surface area contributed by atoms with Crippen LogP contribution in [0.2, 0.25) is 0 Å². The maximum atomic E-state index is 4.63. The lowest BCUT2D eigenvalue weighted by atomic mass is 9.97.